The standard InChI is InChI=1S/C11H7Cl2NO5.Cu/c12-7(8(13)11(18)19)9(15)14-6-3-1-5(2-4-6)10(16)17;/h1-4H,(H,14,15)(H,16,17)(H,18,19);/q;+2/p-2/b8-7+;. The summed E-state index contributed by atoms with van der Waals surface area (Å²) in [6.07, 6.45) is 0. The Morgan fingerprint density at radius 1 is 0.950 bits per heavy atom. The van der Waals surface area contributed by atoms with Crippen molar-refractivity contribution in [2.24, 2.45) is 0 Å². The Balaban J connectivity index is 0.00000361. The molecule has 0 bridgehead atoms. The van der Waals surface area contributed by atoms with E-state index in [2.05, 4.69) is 5.32 Å². The van der Waals surface area contributed by atoms with Crippen LogP contribution in [0.25, 0.3) is 0 Å². The topological polar surface area (TPSA) is 109 Å². The first kappa shape index (κ1) is 18.5. The van der Waals surface area contributed by atoms with Crippen LogP contribution in [0.5, 0.6) is 0 Å². The van der Waals surface area contributed by atoms with Crippen LogP contribution in [0.15, 0.2) is 34.3 Å². The second-order valence-electron chi connectivity index (χ2n) is 3.23. The zero-order valence-corrected chi connectivity index (χ0v) is 11.9. The molecule has 1 N–H and O–H groups in total. The van der Waals surface area contributed by atoms with Crippen molar-refractivity contribution in [2.45, 2.75) is 0 Å². The summed E-state index contributed by atoms with van der Waals surface area (Å²) in [7, 11) is 0. The Hall–Kier alpha value is -1.53. The molecule has 1 rings (SSSR count). The number of hydrogen-bond donors (Lipinski definition) is 1. The second-order valence-corrected chi connectivity index (χ2v) is 3.99. The van der Waals surface area contributed by atoms with Gasteiger partial charge in [0.25, 0.3) is 5.91 Å². The molecular weight excluding hydrogens is 361 g/mol. The fraction of sp³-hybridized carbons (Fsp3) is 0. The number of halogens is 2. The minimum Gasteiger partial charge on any atom is -0.545 e. The van der Waals surface area contributed by atoms with E-state index in [1.807, 2.05) is 0 Å². The SMILES string of the molecule is O=C([O-])/C(Cl)=C(\Cl)C(=O)Nc1ccc(C(=O)[O-])cc1.[Cu+2]. The zero-order chi connectivity index (χ0) is 14.6. The fourth-order valence-electron chi connectivity index (χ4n) is 1.06. The summed E-state index contributed by atoms with van der Waals surface area (Å²) in [5.74, 6) is -4.11. The van der Waals surface area contributed by atoms with Gasteiger partial charge in [0.2, 0.25) is 0 Å². The molecule has 6 nitrogen and oxygen atoms in total. The number of carbonyl (C=O) groups is 3. The second kappa shape index (κ2) is 7.91. The van der Waals surface area contributed by atoms with Crippen LogP contribution in [0.1, 0.15) is 10.4 Å². The number of carboxylic acids is 2. The van der Waals surface area contributed by atoms with Gasteiger partial charge in [-0.1, -0.05) is 35.3 Å². The van der Waals surface area contributed by atoms with Crippen LogP contribution in [0.3, 0.4) is 0 Å². The number of amides is 1. The monoisotopic (exact) mass is 364 g/mol. The molecule has 0 aliphatic rings. The Morgan fingerprint density at radius 3 is 1.85 bits per heavy atom. The van der Waals surface area contributed by atoms with E-state index in [9.17, 15) is 24.6 Å². The Bertz CT molecular complexity index is 571. The van der Waals surface area contributed by atoms with E-state index in [-0.39, 0.29) is 28.3 Å². The number of aromatic carboxylic acids is 1. The molecule has 0 spiro atoms. The summed E-state index contributed by atoms with van der Waals surface area (Å²) in [5, 5.41) is 21.4. The first-order chi connectivity index (χ1) is 8.82. The molecule has 20 heavy (non-hydrogen) atoms. The largest absolute Gasteiger partial charge is 2.00 e. The van der Waals surface area contributed by atoms with Crippen LogP contribution < -0.4 is 15.5 Å². The summed E-state index contributed by atoms with van der Waals surface area (Å²) < 4.78 is 0. The van der Waals surface area contributed by atoms with Crippen LogP contribution in [0, 0.1) is 0 Å². The summed E-state index contributed by atoms with van der Waals surface area (Å²) in [6.45, 7) is 0. The van der Waals surface area contributed by atoms with Crippen molar-refractivity contribution in [3.05, 3.63) is 39.9 Å². The Kier molecular flexibility index (Phi) is 7.31. The molecule has 1 amide bonds. The normalized spacial score (nSPS) is 10.9. The van der Waals surface area contributed by atoms with Gasteiger partial charge in [0, 0.05) is 5.69 Å². The van der Waals surface area contributed by atoms with Crippen molar-refractivity contribution >= 4 is 46.7 Å². The smallest absolute Gasteiger partial charge is 0.545 e. The zero-order valence-electron chi connectivity index (χ0n) is 9.41. The van der Waals surface area contributed by atoms with Gasteiger partial charge in [-0.2, -0.15) is 0 Å². The number of carboxylic acid groups (broad SMARTS) is 2. The molecule has 1 aromatic carbocycles. The third-order valence-corrected chi connectivity index (χ3v) is 2.75. The van der Waals surface area contributed by atoms with Crippen molar-refractivity contribution in [2.75, 3.05) is 5.32 Å². The molecule has 0 fully saturated rings. The van der Waals surface area contributed by atoms with Crippen molar-refractivity contribution in [1.29, 1.82) is 0 Å². The molecule has 1 aromatic rings. The molecule has 9 heteroatoms. The molecule has 0 atom stereocenters. The molecule has 0 saturated carbocycles. The van der Waals surface area contributed by atoms with Gasteiger partial charge < -0.3 is 25.1 Å². The summed E-state index contributed by atoms with van der Waals surface area (Å²) in [5.41, 5.74) is 0.128. The number of carbonyl (C=O) groups excluding carboxylic acids is 3. The average molecular weight is 366 g/mol. The number of hydrogen-bond acceptors (Lipinski definition) is 5. The first-order valence-corrected chi connectivity index (χ1v) is 5.48. The third-order valence-electron chi connectivity index (χ3n) is 1.95. The number of anilines is 1. The molecule has 109 valence electrons. The molecule has 0 aromatic heterocycles. The number of rotatable bonds is 4. The van der Waals surface area contributed by atoms with Crippen LogP contribution in [0.4, 0.5) is 5.69 Å². The predicted octanol–water partition coefficient (Wildman–Crippen LogP) is -0.575. The van der Waals surface area contributed by atoms with Gasteiger partial charge in [0.1, 0.15) is 5.03 Å². The van der Waals surface area contributed by atoms with Crippen molar-refractivity contribution in [1.82, 2.24) is 0 Å². The van der Waals surface area contributed by atoms with E-state index < -0.39 is 27.9 Å². The minimum atomic E-state index is -1.78. The molecule has 0 aliphatic carbocycles. The van der Waals surface area contributed by atoms with E-state index in [0.29, 0.717) is 0 Å². The van der Waals surface area contributed by atoms with Crippen molar-refractivity contribution in [3.8, 4) is 0 Å². The van der Waals surface area contributed by atoms with Crippen molar-refractivity contribution < 1.29 is 41.7 Å². The molecule has 0 saturated heterocycles. The fourth-order valence-corrected chi connectivity index (χ4v) is 1.28. The van der Waals surface area contributed by atoms with E-state index in [1.54, 1.807) is 0 Å². The van der Waals surface area contributed by atoms with E-state index in [1.165, 1.54) is 24.3 Å². The maximum absolute atomic E-state index is 11.5. The van der Waals surface area contributed by atoms with Gasteiger partial charge in [-0.25, -0.2) is 0 Å². The van der Waals surface area contributed by atoms with E-state index >= 15 is 0 Å². The summed E-state index contributed by atoms with van der Waals surface area (Å²) >= 11 is 10.7. The predicted molar refractivity (Wildman–Crippen MR) is 63.1 cm³/mol. The number of aliphatic carboxylic acids is 1. The quantitative estimate of drug-likeness (QED) is 0.567. The van der Waals surface area contributed by atoms with Gasteiger partial charge in [-0.05, 0) is 17.7 Å². The van der Waals surface area contributed by atoms with Gasteiger partial charge in [-0.15, -0.1) is 0 Å². The van der Waals surface area contributed by atoms with Crippen LogP contribution >= 0.6 is 23.2 Å². The average Bonchev–Trinajstić information content (AvgIpc) is 2.37. The Labute approximate surface area is 133 Å². The molecule has 0 aliphatic heterocycles. The van der Waals surface area contributed by atoms with Gasteiger partial charge >= 0.3 is 17.1 Å². The summed E-state index contributed by atoms with van der Waals surface area (Å²) in [6, 6.07) is 4.95. The number of nitrogens with one attached hydrogen (secondary N) is 1. The van der Waals surface area contributed by atoms with Crippen LogP contribution in [-0.4, -0.2) is 17.8 Å². The molecule has 1 radical (unpaired) electrons. The van der Waals surface area contributed by atoms with Crippen molar-refractivity contribution in [3.63, 3.8) is 0 Å². The molecule has 0 unspecified atom stereocenters. The van der Waals surface area contributed by atoms with Gasteiger partial charge in [0.05, 0.1) is 17.0 Å². The van der Waals surface area contributed by atoms with Gasteiger partial charge in [0.15, 0.2) is 0 Å². The number of benzene rings is 1. The van der Waals surface area contributed by atoms with E-state index in [0.717, 1.165) is 0 Å². The maximum Gasteiger partial charge on any atom is 2.00 e. The summed E-state index contributed by atoms with van der Waals surface area (Å²) in [4.78, 5) is 32.3. The third kappa shape index (κ3) is 4.86. The van der Waals surface area contributed by atoms with Crippen LogP contribution in [-0.2, 0) is 26.7 Å². The van der Waals surface area contributed by atoms with E-state index in [4.69, 9.17) is 23.2 Å². The minimum absolute atomic E-state index is 0. The molecule has 0 heterocycles. The molecular formula is C11H5Cl2CuNO5. The first-order valence-electron chi connectivity index (χ1n) is 4.72. The maximum atomic E-state index is 11.5. The van der Waals surface area contributed by atoms with Gasteiger partial charge in [-0.3, -0.25) is 4.79 Å². The Morgan fingerprint density at radius 2 is 1.45 bits per heavy atom. The van der Waals surface area contributed by atoms with Crippen LogP contribution in [0.2, 0.25) is 0 Å².